The van der Waals surface area contributed by atoms with Crippen molar-refractivity contribution in [2.75, 3.05) is 33.2 Å². The molecule has 3 fully saturated rings. The minimum Gasteiger partial charge on any atom is -0.355 e. The van der Waals surface area contributed by atoms with Crippen LogP contribution in [0.2, 0.25) is 0 Å². The highest BCUT2D eigenvalue weighted by atomic mass is 16.2. The van der Waals surface area contributed by atoms with Crippen LogP contribution in [-0.4, -0.2) is 60.8 Å². The molecular weight excluding hydrogens is 366 g/mol. The maximum absolute atomic E-state index is 12.0. The molecule has 0 bridgehead atoms. The fourth-order valence-corrected chi connectivity index (χ4v) is 4.90. The third kappa shape index (κ3) is 4.38. The Balaban J connectivity index is 1.40. The standard InChI is InChI=1S/C22H31N5O2/c1-23-21(27-11-5-9-22(16-27)12-19(28)25-15-22)24-13-17-6-2-3-7-18(17)14-26-10-4-8-20(26)29/h2-3,6-7H,4-5,8-16H2,1H3,(H,23,24)(H,25,28). The molecule has 156 valence electrons. The predicted octanol–water partition coefficient (Wildman–Crippen LogP) is 1.49. The molecule has 0 saturated carbocycles. The number of hydrogen-bond acceptors (Lipinski definition) is 3. The quantitative estimate of drug-likeness (QED) is 0.596. The third-order valence-electron chi connectivity index (χ3n) is 6.46. The minimum atomic E-state index is 0.0426. The molecule has 7 heteroatoms. The second kappa shape index (κ2) is 8.43. The Hall–Kier alpha value is -2.57. The molecule has 1 unspecified atom stereocenters. The molecule has 3 aliphatic rings. The first kappa shape index (κ1) is 19.7. The number of hydrogen-bond donors (Lipinski definition) is 2. The van der Waals surface area contributed by atoms with Crippen molar-refractivity contribution < 1.29 is 9.59 Å². The van der Waals surface area contributed by atoms with Crippen molar-refractivity contribution in [3.8, 4) is 0 Å². The van der Waals surface area contributed by atoms with Crippen LogP contribution in [0, 0.1) is 5.41 Å². The summed E-state index contributed by atoms with van der Waals surface area (Å²) in [6, 6.07) is 8.30. The number of nitrogens with zero attached hydrogens (tertiary/aromatic N) is 3. The molecule has 1 atom stereocenters. The summed E-state index contributed by atoms with van der Waals surface area (Å²) in [5.41, 5.74) is 2.42. The van der Waals surface area contributed by atoms with E-state index in [0.717, 1.165) is 51.4 Å². The first-order chi connectivity index (χ1) is 14.1. The lowest BCUT2D eigenvalue weighted by atomic mass is 9.79. The van der Waals surface area contributed by atoms with Gasteiger partial charge in [-0.05, 0) is 30.4 Å². The van der Waals surface area contributed by atoms with E-state index in [0.29, 0.717) is 25.9 Å². The fraction of sp³-hybridized carbons (Fsp3) is 0.591. The largest absolute Gasteiger partial charge is 0.355 e. The van der Waals surface area contributed by atoms with Crippen molar-refractivity contribution in [1.29, 1.82) is 0 Å². The van der Waals surface area contributed by atoms with Gasteiger partial charge in [-0.15, -0.1) is 0 Å². The van der Waals surface area contributed by atoms with Gasteiger partial charge in [-0.2, -0.15) is 0 Å². The van der Waals surface area contributed by atoms with E-state index in [4.69, 9.17) is 0 Å². The Morgan fingerprint density at radius 3 is 2.72 bits per heavy atom. The van der Waals surface area contributed by atoms with Crippen LogP contribution in [0.1, 0.15) is 43.2 Å². The van der Waals surface area contributed by atoms with Crippen LogP contribution in [0.15, 0.2) is 29.3 Å². The van der Waals surface area contributed by atoms with E-state index >= 15 is 0 Å². The maximum Gasteiger partial charge on any atom is 0.222 e. The first-order valence-electron chi connectivity index (χ1n) is 10.7. The Morgan fingerprint density at radius 1 is 1.21 bits per heavy atom. The average molecular weight is 398 g/mol. The molecule has 0 aromatic heterocycles. The fourth-order valence-electron chi connectivity index (χ4n) is 4.90. The summed E-state index contributed by atoms with van der Waals surface area (Å²) < 4.78 is 0. The normalized spacial score (nSPS) is 25.1. The van der Waals surface area contributed by atoms with E-state index in [1.54, 1.807) is 0 Å². The first-order valence-corrected chi connectivity index (χ1v) is 10.7. The van der Waals surface area contributed by atoms with E-state index in [9.17, 15) is 9.59 Å². The van der Waals surface area contributed by atoms with E-state index in [-0.39, 0.29) is 17.2 Å². The van der Waals surface area contributed by atoms with Crippen molar-refractivity contribution in [1.82, 2.24) is 20.4 Å². The number of benzene rings is 1. The van der Waals surface area contributed by atoms with Gasteiger partial charge in [-0.1, -0.05) is 24.3 Å². The van der Waals surface area contributed by atoms with Crippen molar-refractivity contribution in [2.24, 2.45) is 10.4 Å². The van der Waals surface area contributed by atoms with Gasteiger partial charge in [0, 0.05) is 64.6 Å². The Bertz CT molecular complexity index is 808. The summed E-state index contributed by atoms with van der Waals surface area (Å²) >= 11 is 0. The monoisotopic (exact) mass is 397 g/mol. The van der Waals surface area contributed by atoms with Crippen LogP contribution < -0.4 is 10.6 Å². The number of aliphatic imine (C=N–C) groups is 1. The minimum absolute atomic E-state index is 0.0426. The molecule has 0 aliphatic carbocycles. The van der Waals surface area contributed by atoms with Crippen molar-refractivity contribution in [3.05, 3.63) is 35.4 Å². The third-order valence-corrected chi connectivity index (χ3v) is 6.46. The Morgan fingerprint density at radius 2 is 2.03 bits per heavy atom. The number of rotatable bonds is 4. The summed E-state index contributed by atoms with van der Waals surface area (Å²) in [4.78, 5) is 32.5. The second-order valence-corrected chi connectivity index (χ2v) is 8.57. The average Bonchev–Trinajstić information content (AvgIpc) is 3.29. The topological polar surface area (TPSA) is 77.0 Å². The lowest BCUT2D eigenvalue weighted by molar-refractivity contribution is -0.128. The predicted molar refractivity (Wildman–Crippen MR) is 112 cm³/mol. The molecule has 3 aliphatic heterocycles. The van der Waals surface area contributed by atoms with Gasteiger partial charge < -0.3 is 20.4 Å². The number of carbonyl (C=O) groups excluding carboxylic acids is 2. The van der Waals surface area contributed by atoms with Crippen LogP contribution in [0.25, 0.3) is 0 Å². The molecule has 7 nitrogen and oxygen atoms in total. The number of nitrogens with one attached hydrogen (secondary N) is 2. The highest BCUT2D eigenvalue weighted by Gasteiger charge is 2.42. The highest BCUT2D eigenvalue weighted by Crippen LogP contribution is 2.36. The lowest BCUT2D eigenvalue weighted by Crippen LogP contribution is -2.51. The van der Waals surface area contributed by atoms with Crippen molar-refractivity contribution >= 4 is 17.8 Å². The molecule has 29 heavy (non-hydrogen) atoms. The molecule has 1 aromatic rings. The molecule has 3 saturated heterocycles. The molecule has 4 rings (SSSR count). The van der Waals surface area contributed by atoms with Gasteiger partial charge in [0.05, 0.1) is 0 Å². The van der Waals surface area contributed by atoms with Crippen molar-refractivity contribution in [3.63, 3.8) is 0 Å². The van der Waals surface area contributed by atoms with Gasteiger partial charge in [0.15, 0.2) is 5.96 Å². The molecule has 1 spiro atoms. The van der Waals surface area contributed by atoms with Gasteiger partial charge in [-0.3, -0.25) is 14.6 Å². The molecule has 3 heterocycles. The zero-order valence-electron chi connectivity index (χ0n) is 17.2. The second-order valence-electron chi connectivity index (χ2n) is 8.57. The van der Waals surface area contributed by atoms with Gasteiger partial charge in [0.25, 0.3) is 0 Å². The Labute approximate surface area is 172 Å². The molecule has 2 amide bonds. The molecular formula is C22H31N5O2. The number of amides is 2. The van der Waals surface area contributed by atoms with Crippen LogP contribution >= 0.6 is 0 Å². The number of likely N-dealkylation sites (tertiary alicyclic amines) is 2. The molecule has 2 N–H and O–H groups in total. The summed E-state index contributed by atoms with van der Waals surface area (Å²) in [5, 5.41) is 6.52. The Kier molecular flexibility index (Phi) is 5.74. The summed E-state index contributed by atoms with van der Waals surface area (Å²) in [6.45, 7) is 4.78. The highest BCUT2D eigenvalue weighted by molar-refractivity contribution is 5.82. The van der Waals surface area contributed by atoms with E-state index in [1.165, 1.54) is 11.1 Å². The zero-order chi connectivity index (χ0) is 20.3. The van der Waals surface area contributed by atoms with Crippen LogP contribution in [0.4, 0.5) is 0 Å². The van der Waals surface area contributed by atoms with E-state index < -0.39 is 0 Å². The van der Waals surface area contributed by atoms with Crippen LogP contribution in [0.5, 0.6) is 0 Å². The molecule has 1 aromatic carbocycles. The van der Waals surface area contributed by atoms with Crippen molar-refractivity contribution in [2.45, 2.75) is 45.2 Å². The zero-order valence-corrected chi connectivity index (χ0v) is 17.2. The summed E-state index contributed by atoms with van der Waals surface area (Å²) in [5.74, 6) is 1.30. The van der Waals surface area contributed by atoms with Gasteiger partial charge in [0.2, 0.25) is 11.8 Å². The van der Waals surface area contributed by atoms with Gasteiger partial charge in [0.1, 0.15) is 0 Å². The van der Waals surface area contributed by atoms with E-state index in [2.05, 4.69) is 32.7 Å². The number of piperidine rings is 1. The van der Waals surface area contributed by atoms with E-state index in [1.807, 2.05) is 24.1 Å². The SMILES string of the molecule is CN=C(NCc1ccccc1CN1CCCC1=O)N1CCCC2(CNC(=O)C2)C1. The number of carbonyl (C=O) groups is 2. The summed E-state index contributed by atoms with van der Waals surface area (Å²) in [6.07, 6.45) is 4.41. The summed E-state index contributed by atoms with van der Waals surface area (Å²) in [7, 11) is 1.82. The molecule has 0 radical (unpaired) electrons. The van der Waals surface area contributed by atoms with Gasteiger partial charge >= 0.3 is 0 Å². The lowest BCUT2D eigenvalue weighted by Gasteiger charge is -2.40. The van der Waals surface area contributed by atoms with Crippen LogP contribution in [-0.2, 0) is 22.7 Å². The van der Waals surface area contributed by atoms with Crippen LogP contribution in [0.3, 0.4) is 0 Å². The van der Waals surface area contributed by atoms with Gasteiger partial charge in [-0.25, -0.2) is 0 Å². The maximum atomic E-state index is 12.0. The smallest absolute Gasteiger partial charge is 0.222 e. The number of guanidine groups is 1.